The fourth-order valence-electron chi connectivity index (χ4n) is 2.55. The first-order chi connectivity index (χ1) is 12.7. The quantitative estimate of drug-likeness (QED) is 0.517. The van der Waals surface area contributed by atoms with Gasteiger partial charge in [0.05, 0.1) is 0 Å². The Hall–Kier alpha value is -3.52. The predicted octanol–water partition coefficient (Wildman–Crippen LogP) is 3.95. The SMILES string of the molecule is CC(/C=C(/C#N)C(=O)Nc1ccc2c(c1)OCCO2)=C\c1ccccc1. The number of hydrogen-bond acceptors (Lipinski definition) is 4. The van der Waals surface area contributed by atoms with Crippen molar-refractivity contribution in [2.24, 2.45) is 0 Å². The molecule has 130 valence electrons. The van der Waals surface area contributed by atoms with E-state index in [1.54, 1.807) is 24.3 Å². The number of allylic oxidation sites excluding steroid dienone is 2. The number of rotatable bonds is 4. The third kappa shape index (κ3) is 4.31. The molecule has 0 saturated carbocycles. The third-order valence-electron chi connectivity index (χ3n) is 3.73. The number of amides is 1. The molecule has 0 aromatic heterocycles. The second kappa shape index (κ2) is 8.04. The number of anilines is 1. The van der Waals surface area contributed by atoms with E-state index in [4.69, 9.17) is 9.47 Å². The van der Waals surface area contributed by atoms with Gasteiger partial charge in [-0.05, 0) is 36.3 Å². The molecule has 2 aromatic carbocycles. The number of nitrogens with zero attached hydrogens (tertiary/aromatic N) is 1. The van der Waals surface area contributed by atoms with Crippen LogP contribution in [-0.4, -0.2) is 19.1 Å². The highest BCUT2D eigenvalue weighted by Crippen LogP contribution is 2.32. The number of carbonyl (C=O) groups excluding carboxylic acids is 1. The Bertz CT molecular complexity index is 909. The molecule has 0 aliphatic carbocycles. The van der Waals surface area contributed by atoms with Crippen LogP contribution in [0.4, 0.5) is 5.69 Å². The lowest BCUT2D eigenvalue weighted by molar-refractivity contribution is -0.112. The first-order valence-corrected chi connectivity index (χ1v) is 8.22. The van der Waals surface area contributed by atoms with Gasteiger partial charge in [0.2, 0.25) is 0 Å². The van der Waals surface area contributed by atoms with Gasteiger partial charge in [-0.1, -0.05) is 36.4 Å². The molecule has 0 saturated heterocycles. The van der Waals surface area contributed by atoms with E-state index < -0.39 is 5.91 Å². The molecular formula is C21H18N2O3. The van der Waals surface area contributed by atoms with Gasteiger partial charge in [-0.3, -0.25) is 4.79 Å². The van der Waals surface area contributed by atoms with Gasteiger partial charge in [0.1, 0.15) is 24.9 Å². The fourth-order valence-corrected chi connectivity index (χ4v) is 2.55. The minimum atomic E-state index is -0.468. The van der Waals surface area contributed by atoms with Crippen LogP contribution in [0.15, 0.2) is 65.8 Å². The first-order valence-electron chi connectivity index (χ1n) is 8.22. The number of benzene rings is 2. The summed E-state index contributed by atoms with van der Waals surface area (Å²) >= 11 is 0. The summed E-state index contributed by atoms with van der Waals surface area (Å²) in [6.07, 6.45) is 3.48. The van der Waals surface area contributed by atoms with Crippen LogP contribution >= 0.6 is 0 Å². The van der Waals surface area contributed by atoms with Crippen LogP contribution in [0.25, 0.3) is 6.08 Å². The summed E-state index contributed by atoms with van der Waals surface area (Å²) in [4.78, 5) is 12.4. The van der Waals surface area contributed by atoms with Crippen molar-refractivity contribution in [3.05, 3.63) is 71.3 Å². The van der Waals surface area contributed by atoms with Crippen molar-refractivity contribution in [2.45, 2.75) is 6.92 Å². The molecule has 0 radical (unpaired) electrons. The predicted molar refractivity (Wildman–Crippen MR) is 99.9 cm³/mol. The molecule has 0 bridgehead atoms. The van der Waals surface area contributed by atoms with E-state index in [2.05, 4.69) is 5.32 Å². The minimum Gasteiger partial charge on any atom is -0.486 e. The topological polar surface area (TPSA) is 71.4 Å². The number of carbonyl (C=O) groups is 1. The second-order valence-electron chi connectivity index (χ2n) is 5.78. The number of nitriles is 1. The summed E-state index contributed by atoms with van der Waals surface area (Å²) in [5, 5.41) is 12.1. The summed E-state index contributed by atoms with van der Waals surface area (Å²) in [6.45, 7) is 2.83. The molecule has 2 aromatic rings. The Balaban J connectivity index is 1.75. The van der Waals surface area contributed by atoms with E-state index in [0.29, 0.717) is 30.4 Å². The van der Waals surface area contributed by atoms with E-state index in [9.17, 15) is 10.1 Å². The zero-order valence-electron chi connectivity index (χ0n) is 14.4. The zero-order valence-corrected chi connectivity index (χ0v) is 14.4. The first kappa shape index (κ1) is 17.3. The van der Waals surface area contributed by atoms with Crippen molar-refractivity contribution < 1.29 is 14.3 Å². The molecule has 0 spiro atoms. The van der Waals surface area contributed by atoms with Crippen LogP contribution in [0.2, 0.25) is 0 Å². The van der Waals surface area contributed by atoms with E-state index in [1.807, 2.05) is 49.4 Å². The van der Waals surface area contributed by atoms with E-state index in [0.717, 1.165) is 11.1 Å². The Morgan fingerprint density at radius 2 is 1.85 bits per heavy atom. The monoisotopic (exact) mass is 346 g/mol. The van der Waals surface area contributed by atoms with Gasteiger partial charge in [0, 0.05) is 11.8 Å². The van der Waals surface area contributed by atoms with E-state index in [1.165, 1.54) is 0 Å². The van der Waals surface area contributed by atoms with Gasteiger partial charge >= 0.3 is 0 Å². The van der Waals surface area contributed by atoms with Gasteiger partial charge in [-0.15, -0.1) is 0 Å². The molecule has 0 atom stereocenters. The Kier molecular flexibility index (Phi) is 5.35. The van der Waals surface area contributed by atoms with Gasteiger partial charge in [0.25, 0.3) is 5.91 Å². The van der Waals surface area contributed by atoms with Crippen molar-refractivity contribution in [3.8, 4) is 17.6 Å². The average molecular weight is 346 g/mol. The molecule has 5 heteroatoms. The smallest absolute Gasteiger partial charge is 0.266 e. The Morgan fingerprint density at radius 3 is 2.58 bits per heavy atom. The molecule has 1 aliphatic heterocycles. The maximum absolute atomic E-state index is 12.4. The molecule has 1 amide bonds. The van der Waals surface area contributed by atoms with Gasteiger partial charge in [-0.25, -0.2) is 0 Å². The van der Waals surface area contributed by atoms with Crippen molar-refractivity contribution in [1.82, 2.24) is 0 Å². The number of hydrogen-bond donors (Lipinski definition) is 1. The highest BCUT2D eigenvalue weighted by Gasteiger charge is 2.14. The largest absolute Gasteiger partial charge is 0.486 e. The standard InChI is InChI=1S/C21H18N2O3/c1-15(11-16-5-3-2-4-6-16)12-17(14-22)21(24)23-18-7-8-19-20(13-18)26-10-9-25-19/h2-8,11-13H,9-10H2,1H3,(H,23,24)/b15-11+,17-12-. The Labute approximate surface area is 152 Å². The molecule has 5 nitrogen and oxygen atoms in total. The molecule has 1 heterocycles. The van der Waals surface area contributed by atoms with Crippen molar-refractivity contribution in [2.75, 3.05) is 18.5 Å². The summed E-state index contributed by atoms with van der Waals surface area (Å²) < 4.78 is 11.0. The third-order valence-corrected chi connectivity index (χ3v) is 3.73. The van der Waals surface area contributed by atoms with Crippen molar-refractivity contribution in [3.63, 3.8) is 0 Å². The van der Waals surface area contributed by atoms with Crippen molar-refractivity contribution >= 4 is 17.7 Å². The molecular weight excluding hydrogens is 328 g/mol. The van der Waals surface area contributed by atoms with Crippen LogP contribution < -0.4 is 14.8 Å². The van der Waals surface area contributed by atoms with E-state index in [-0.39, 0.29) is 5.57 Å². The van der Waals surface area contributed by atoms with Crippen LogP contribution in [0, 0.1) is 11.3 Å². The second-order valence-corrected chi connectivity index (χ2v) is 5.78. The normalized spacial score (nSPS) is 13.7. The highest BCUT2D eigenvalue weighted by atomic mass is 16.6. The minimum absolute atomic E-state index is 0.0320. The summed E-state index contributed by atoms with van der Waals surface area (Å²) in [5.41, 5.74) is 2.39. The zero-order chi connectivity index (χ0) is 18.4. The lowest BCUT2D eigenvalue weighted by Crippen LogP contribution is -2.17. The summed E-state index contributed by atoms with van der Waals surface area (Å²) in [5.74, 6) is 0.758. The summed E-state index contributed by atoms with van der Waals surface area (Å²) in [6, 6.07) is 16.8. The lowest BCUT2D eigenvalue weighted by Gasteiger charge is -2.18. The Morgan fingerprint density at radius 1 is 1.12 bits per heavy atom. The van der Waals surface area contributed by atoms with Crippen LogP contribution in [-0.2, 0) is 4.79 Å². The molecule has 1 N–H and O–H groups in total. The van der Waals surface area contributed by atoms with Crippen molar-refractivity contribution in [1.29, 1.82) is 5.26 Å². The van der Waals surface area contributed by atoms with E-state index >= 15 is 0 Å². The van der Waals surface area contributed by atoms with Crippen LogP contribution in [0.5, 0.6) is 11.5 Å². The van der Waals surface area contributed by atoms with Gasteiger partial charge in [0.15, 0.2) is 11.5 Å². The number of fused-ring (bicyclic) bond motifs is 1. The molecule has 3 rings (SSSR count). The van der Waals surface area contributed by atoms with Crippen LogP contribution in [0.3, 0.4) is 0 Å². The van der Waals surface area contributed by atoms with Gasteiger partial charge in [-0.2, -0.15) is 5.26 Å². The fraction of sp³-hybridized carbons (Fsp3) is 0.143. The molecule has 0 unspecified atom stereocenters. The van der Waals surface area contributed by atoms with Gasteiger partial charge < -0.3 is 14.8 Å². The average Bonchev–Trinajstić information content (AvgIpc) is 2.66. The molecule has 0 fully saturated rings. The summed E-state index contributed by atoms with van der Waals surface area (Å²) in [7, 11) is 0. The maximum atomic E-state index is 12.4. The highest BCUT2D eigenvalue weighted by molar-refractivity contribution is 6.07. The molecule has 26 heavy (non-hydrogen) atoms. The van der Waals surface area contributed by atoms with Crippen LogP contribution in [0.1, 0.15) is 12.5 Å². The molecule has 1 aliphatic rings. The lowest BCUT2D eigenvalue weighted by atomic mass is 10.1. The number of nitrogens with one attached hydrogen (secondary N) is 1. The number of ether oxygens (including phenoxy) is 2. The maximum Gasteiger partial charge on any atom is 0.266 e.